The van der Waals surface area contributed by atoms with Crippen LogP contribution in [0.1, 0.15) is 36.5 Å². The van der Waals surface area contributed by atoms with E-state index in [0.717, 1.165) is 33.6 Å². The first kappa shape index (κ1) is 28.3. The van der Waals surface area contributed by atoms with Crippen LogP contribution in [-0.2, 0) is 15.9 Å². The summed E-state index contributed by atoms with van der Waals surface area (Å²) in [5.74, 6) is 0.610. The number of carbonyl (C=O) groups excluding carboxylic acids is 1. The molecule has 220 valence electrons. The Balaban J connectivity index is 1.23. The number of nitrogens with one attached hydrogen (secondary N) is 2. The van der Waals surface area contributed by atoms with Gasteiger partial charge in [-0.3, -0.25) is 10.1 Å². The van der Waals surface area contributed by atoms with E-state index in [0.29, 0.717) is 48.4 Å². The fraction of sp³-hybridized carbons (Fsp3) is 0.267. The molecule has 0 aliphatic carbocycles. The first-order chi connectivity index (χ1) is 20.9. The molecule has 0 fully saturated rings. The average molecular weight is 601 g/mol. The highest BCUT2D eigenvalue weighted by molar-refractivity contribution is 6.31. The number of carbonyl (C=O) groups is 1. The molecule has 5 aromatic rings. The lowest BCUT2D eigenvalue weighted by Crippen LogP contribution is -2.24. The molecular formula is C30H29ClN8O4. The van der Waals surface area contributed by atoms with E-state index in [9.17, 15) is 9.59 Å². The van der Waals surface area contributed by atoms with Crippen LogP contribution < -0.4 is 10.9 Å². The van der Waals surface area contributed by atoms with Gasteiger partial charge in [-0.05, 0) is 73.0 Å². The highest BCUT2D eigenvalue weighted by atomic mass is 35.5. The molecule has 0 saturated heterocycles. The largest absolute Gasteiger partial charge is 0.447 e. The third-order valence-corrected chi connectivity index (χ3v) is 7.53. The molecule has 0 unspecified atom stereocenters. The van der Waals surface area contributed by atoms with Crippen LogP contribution in [0.5, 0.6) is 0 Å². The van der Waals surface area contributed by atoms with Gasteiger partial charge >= 0.3 is 6.09 Å². The summed E-state index contributed by atoms with van der Waals surface area (Å²) in [6.45, 7) is 4.96. The number of tetrazole rings is 1. The lowest BCUT2D eigenvalue weighted by molar-refractivity contribution is 0.0850. The van der Waals surface area contributed by atoms with E-state index < -0.39 is 6.09 Å². The van der Waals surface area contributed by atoms with Gasteiger partial charge in [0.05, 0.1) is 18.3 Å². The van der Waals surface area contributed by atoms with Crippen LogP contribution in [0.3, 0.4) is 0 Å². The molecule has 12 nitrogen and oxygen atoms in total. The minimum Gasteiger partial charge on any atom is -0.447 e. The van der Waals surface area contributed by atoms with Crippen molar-refractivity contribution in [1.29, 1.82) is 0 Å². The third-order valence-electron chi connectivity index (χ3n) is 7.26. The quantitative estimate of drug-likeness (QED) is 0.226. The number of benzene rings is 2. The Morgan fingerprint density at radius 3 is 2.72 bits per heavy atom. The van der Waals surface area contributed by atoms with Crippen LogP contribution in [-0.4, -0.2) is 60.7 Å². The second-order valence-corrected chi connectivity index (χ2v) is 10.5. The van der Waals surface area contributed by atoms with Gasteiger partial charge in [-0.15, -0.1) is 5.10 Å². The molecule has 13 heteroatoms. The molecule has 0 saturated carbocycles. The zero-order chi connectivity index (χ0) is 29.9. The van der Waals surface area contributed by atoms with Gasteiger partial charge in [0.15, 0.2) is 0 Å². The standard InChI is InChI=1S/C30H29ClN8O4/c1-3-42-12-13-43-30(41)33-21-7-5-19(6-8-21)27-28(31)35-29(34-27)25-11-9-22-15-20(16-26(40)39(22)25)23-14-18(2)4-10-24(23)38-17-32-36-37-38/h4-8,10,14-17,25H,3,9,11-13H2,1-2H3,(H,33,41)(H,34,35)/t25-/m0/s1. The number of halogens is 1. The van der Waals surface area contributed by atoms with E-state index in [1.807, 2.05) is 50.2 Å². The molecule has 2 N–H and O–H groups in total. The van der Waals surface area contributed by atoms with Crippen molar-refractivity contribution in [3.8, 4) is 28.1 Å². The number of pyridine rings is 1. The summed E-state index contributed by atoms with van der Waals surface area (Å²) in [5, 5.41) is 14.6. The highest BCUT2D eigenvalue weighted by Gasteiger charge is 2.29. The number of rotatable bonds is 9. The molecule has 3 aromatic heterocycles. The molecule has 1 aliphatic heterocycles. The molecule has 4 heterocycles. The number of imidazole rings is 1. The van der Waals surface area contributed by atoms with Crippen LogP contribution in [0, 0.1) is 6.92 Å². The van der Waals surface area contributed by atoms with Crippen LogP contribution in [0.25, 0.3) is 28.1 Å². The molecule has 1 amide bonds. The third kappa shape index (κ3) is 5.92. The van der Waals surface area contributed by atoms with Crippen LogP contribution in [0.4, 0.5) is 10.5 Å². The average Bonchev–Trinajstić information content (AvgIpc) is 3.76. The summed E-state index contributed by atoms with van der Waals surface area (Å²) < 4.78 is 13.6. The zero-order valence-corrected chi connectivity index (χ0v) is 24.3. The summed E-state index contributed by atoms with van der Waals surface area (Å²) >= 11 is 6.59. The zero-order valence-electron chi connectivity index (χ0n) is 23.6. The van der Waals surface area contributed by atoms with Crippen molar-refractivity contribution in [3.05, 3.63) is 93.5 Å². The number of anilines is 1. The normalized spacial score (nSPS) is 14.1. The number of aromatic amines is 1. The summed E-state index contributed by atoms with van der Waals surface area (Å²) in [5.41, 5.74) is 6.20. The van der Waals surface area contributed by atoms with Crippen molar-refractivity contribution in [2.45, 2.75) is 32.7 Å². The van der Waals surface area contributed by atoms with E-state index in [1.54, 1.807) is 27.4 Å². The maximum Gasteiger partial charge on any atom is 0.411 e. The lowest BCUT2D eigenvalue weighted by Gasteiger charge is -2.15. The van der Waals surface area contributed by atoms with Gasteiger partial charge in [0.2, 0.25) is 0 Å². The fourth-order valence-electron chi connectivity index (χ4n) is 5.28. The first-order valence-corrected chi connectivity index (χ1v) is 14.3. The molecule has 1 atom stereocenters. The van der Waals surface area contributed by atoms with Crippen molar-refractivity contribution < 1.29 is 14.3 Å². The Hall–Kier alpha value is -4.81. The van der Waals surface area contributed by atoms with Gasteiger partial charge in [-0.2, -0.15) is 4.68 Å². The van der Waals surface area contributed by atoms with E-state index in [4.69, 9.17) is 26.1 Å². The number of aryl methyl sites for hydroxylation is 2. The smallest absolute Gasteiger partial charge is 0.411 e. The van der Waals surface area contributed by atoms with Gasteiger partial charge in [-0.25, -0.2) is 9.78 Å². The van der Waals surface area contributed by atoms with E-state index in [-0.39, 0.29) is 18.2 Å². The Kier molecular flexibility index (Phi) is 8.03. The Labute approximate surface area is 251 Å². The molecule has 6 rings (SSSR count). The predicted molar refractivity (Wildman–Crippen MR) is 161 cm³/mol. The second-order valence-electron chi connectivity index (χ2n) is 10.1. The van der Waals surface area contributed by atoms with E-state index in [2.05, 4.69) is 25.8 Å². The summed E-state index contributed by atoms with van der Waals surface area (Å²) in [7, 11) is 0. The van der Waals surface area contributed by atoms with Gasteiger partial charge < -0.3 is 19.0 Å². The molecule has 1 aliphatic rings. The van der Waals surface area contributed by atoms with Crippen LogP contribution in [0.2, 0.25) is 5.15 Å². The van der Waals surface area contributed by atoms with Gasteiger partial charge in [0.1, 0.15) is 29.6 Å². The Morgan fingerprint density at radius 1 is 1.12 bits per heavy atom. The predicted octanol–water partition coefficient (Wildman–Crippen LogP) is 4.96. The molecule has 43 heavy (non-hydrogen) atoms. The van der Waals surface area contributed by atoms with Crippen molar-refractivity contribution in [1.82, 2.24) is 34.7 Å². The van der Waals surface area contributed by atoms with Gasteiger partial charge in [0.25, 0.3) is 5.56 Å². The van der Waals surface area contributed by atoms with Crippen molar-refractivity contribution >= 4 is 23.4 Å². The number of hydrogen-bond acceptors (Lipinski definition) is 8. The van der Waals surface area contributed by atoms with E-state index in [1.165, 1.54) is 6.33 Å². The number of H-pyrrole nitrogens is 1. The molecule has 2 aromatic carbocycles. The number of ether oxygens (including phenoxy) is 2. The molecule has 0 spiro atoms. The summed E-state index contributed by atoms with van der Waals surface area (Å²) in [6, 6.07) is 16.5. The summed E-state index contributed by atoms with van der Waals surface area (Å²) in [4.78, 5) is 33.5. The maximum atomic E-state index is 13.5. The van der Waals surface area contributed by atoms with E-state index >= 15 is 0 Å². The Bertz CT molecular complexity index is 1820. The molecule has 0 radical (unpaired) electrons. The lowest BCUT2D eigenvalue weighted by atomic mass is 10.0. The van der Waals surface area contributed by atoms with Crippen molar-refractivity contribution in [2.75, 3.05) is 25.1 Å². The molecular weight excluding hydrogens is 572 g/mol. The van der Waals surface area contributed by atoms with Gasteiger partial charge in [0, 0.05) is 35.2 Å². The number of aromatic nitrogens is 7. The SMILES string of the molecule is CCOCCOC(=O)Nc1ccc(-c2nc([C@@H]3CCc4cc(-c5cc(C)ccc5-n5cnnn5)cc(=O)n43)[nH]c2Cl)cc1. The van der Waals surface area contributed by atoms with Crippen LogP contribution in [0.15, 0.2) is 65.7 Å². The summed E-state index contributed by atoms with van der Waals surface area (Å²) in [6.07, 6.45) is 2.37. The number of nitrogens with zero attached hydrogens (tertiary/aromatic N) is 6. The highest BCUT2D eigenvalue weighted by Crippen LogP contribution is 2.35. The minimum atomic E-state index is -0.560. The van der Waals surface area contributed by atoms with Crippen molar-refractivity contribution in [3.63, 3.8) is 0 Å². The first-order valence-electron chi connectivity index (χ1n) is 13.9. The second kappa shape index (κ2) is 12.2. The molecule has 0 bridgehead atoms. The number of hydrogen-bond donors (Lipinski definition) is 2. The van der Waals surface area contributed by atoms with Gasteiger partial charge in [-0.1, -0.05) is 35.4 Å². The number of fused-ring (bicyclic) bond motifs is 1. The Morgan fingerprint density at radius 2 is 1.95 bits per heavy atom. The topological polar surface area (TPSA) is 142 Å². The number of amides is 1. The fourth-order valence-corrected chi connectivity index (χ4v) is 5.53. The maximum absolute atomic E-state index is 13.5. The van der Waals surface area contributed by atoms with Crippen molar-refractivity contribution in [2.24, 2.45) is 0 Å². The van der Waals surface area contributed by atoms with Crippen LogP contribution >= 0.6 is 11.6 Å². The minimum absolute atomic E-state index is 0.128. The monoisotopic (exact) mass is 600 g/mol.